The normalized spacial score (nSPS) is 16.0. The second kappa shape index (κ2) is 8.98. The zero-order valence-electron chi connectivity index (χ0n) is 16.7. The molecule has 30 heavy (non-hydrogen) atoms. The van der Waals surface area contributed by atoms with Gasteiger partial charge in [0.15, 0.2) is 0 Å². The van der Waals surface area contributed by atoms with E-state index in [1.165, 1.54) is 17.7 Å². The fourth-order valence-electron chi connectivity index (χ4n) is 3.85. The number of hydrogen-bond donors (Lipinski definition) is 2. The van der Waals surface area contributed by atoms with Gasteiger partial charge in [0.05, 0.1) is 17.5 Å². The molecule has 4 rings (SSSR count). The first-order valence-electron chi connectivity index (χ1n) is 10.3. The zero-order valence-corrected chi connectivity index (χ0v) is 16.7. The number of anilines is 3. The van der Waals surface area contributed by atoms with E-state index in [9.17, 15) is 14.4 Å². The van der Waals surface area contributed by atoms with Crippen LogP contribution in [0.1, 0.15) is 38.5 Å². The lowest BCUT2D eigenvalue weighted by molar-refractivity contribution is -0.124. The Morgan fingerprint density at radius 3 is 2.53 bits per heavy atom. The van der Waals surface area contributed by atoms with Gasteiger partial charge in [0.25, 0.3) is 0 Å². The van der Waals surface area contributed by atoms with Crippen LogP contribution in [0.25, 0.3) is 0 Å². The van der Waals surface area contributed by atoms with E-state index >= 15 is 0 Å². The van der Waals surface area contributed by atoms with E-state index in [0.717, 1.165) is 18.6 Å². The topological polar surface area (TPSA) is 87.7 Å². The number of ether oxygens (including phenoxy) is 1. The molecule has 7 nitrogen and oxygen atoms in total. The number of benzene rings is 2. The number of carbonyl (C=O) groups excluding carboxylic acids is 3. The maximum absolute atomic E-state index is 12.6. The van der Waals surface area contributed by atoms with Crippen LogP contribution in [0.3, 0.4) is 0 Å². The summed E-state index contributed by atoms with van der Waals surface area (Å²) in [5.74, 6) is 0.0545. The average molecular weight is 407 g/mol. The lowest BCUT2D eigenvalue weighted by Gasteiger charge is -2.29. The van der Waals surface area contributed by atoms with Crippen molar-refractivity contribution in [2.24, 2.45) is 0 Å². The lowest BCUT2D eigenvalue weighted by atomic mass is 10.1. The largest absolute Gasteiger partial charge is 0.490 e. The van der Waals surface area contributed by atoms with E-state index in [-0.39, 0.29) is 37.1 Å². The Balaban J connectivity index is 1.28. The lowest BCUT2D eigenvalue weighted by Crippen LogP contribution is -2.42. The van der Waals surface area contributed by atoms with Crippen LogP contribution >= 0.6 is 0 Å². The fraction of sp³-hybridized carbons (Fsp3) is 0.348. The molecule has 0 unspecified atom stereocenters. The Labute approximate surface area is 175 Å². The number of fused-ring (bicyclic) bond motifs is 1. The monoisotopic (exact) mass is 407 g/mol. The van der Waals surface area contributed by atoms with Crippen LogP contribution in [0.4, 0.5) is 17.1 Å². The second-order valence-corrected chi connectivity index (χ2v) is 7.64. The number of rotatable bonds is 6. The molecule has 1 aliphatic heterocycles. The van der Waals surface area contributed by atoms with E-state index in [1.807, 2.05) is 18.2 Å². The molecule has 7 heteroatoms. The van der Waals surface area contributed by atoms with Crippen molar-refractivity contribution < 1.29 is 19.1 Å². The quantitative estimate of drug-likeness (QED) is 0.764. The van der Waals surface area contributed by atoms with Crippen LogP contribution in [-0.4, -0.2) is 30.4 Å². The minimum Gasteiger partial charge on any atom is -0.490 e. The summed E-state index contributed by atoms with van der Waals surface area (Å²) >= 11 is 0. The number of nitrogens with one attached hydrogen (secondary N) is 2. The van der Waals surface area contributed by atoms with Crippen LogP contribution in [0.15, 0.2) is 48.5 Å². The molecule has 2 N–H and O–H groups in total. The standard InChI is InChI=1S/C23H25N3O4/c27-21(24-16-9-11-18(12-10-16)30-17-5-1-2-6-17)13-14-23(29)26-15-22(28)25-19-7-3-4-8-20(19)26/h3-4,7-12,17H,1-2,5-6,13-15H2,(H,24,27)(H,25,28). The van der Waals surface area contributed by atoms with Crippen LogP contribution < -0.4 is 20.3 Å². The summed E-state index contributed by atoms with van der Waals surface area (Å²) in [7, 11) is 0. The van der Waals surface area contributed by atoms with Crippen molar-refractivity contribution in [3.63, 3.8) is 0 Å². The Kier molecular flexibility index (Phi) is 5.97. The Morgan fingerprint density at radius 2 is 1.77 bits per heavy atom. The molecule has 0 atom stereocenters. The molecule has 0 saturated heterocycles. The predicted molar refractivity (Wildman–Crippen MR) is 115 cm³/mol. The summed E-state index contributed by atoms with van der Waals surface area (Å²) in [6, 6.07) is 14.4. The SMILES string of the molecule is O=C(CCC(=O)N1CC(=O)Nc2ccccc21)Nc1ccc(OC2CCCC2)cc1. The maximum Gasteiger partial charge on any atom is 0.244 e. The first-order chi connectivity index (χ1) is 14.6. The van der Waals surface area contributed by atoms with Gasteiger partial charge in [-0.15, -0.1) is 0 Å². The molecule has 2 aromatic rings. The van der Waals surface area contributed by atoms with Gasteiger partial charge >= 0.3 is 0 Å². The van der Waals surface area contributed by atoms with Crippen molar-refractivity contribution in [2.75, 3.05) is 22.1 Å². The second-order valence-electron chi connectivity index (χ2n) is 7.64. The number of carbonyl (C=O) groups is 3. The van der Waals surface area contributed by atoms with Gasteiger partial charge in [-0.1, -0.05) is 12.1 Å². The van der Waals surface area contributed by atoms with Crippen molar-refractivity contribution in [1.29, 1.82) is 0 Å². The molecule has 0 spiro atoms. The highest BCUT2D eigenvalue weighted by molar-refractivity contribution is 6.10. The number of hydrogen-bond acceptors (Lipinski definition) is 4. The van der Waals surface area contributed by atoms with E-state index in [0.29, 0.717) is 23.2 Å². The minimum atomic E-state index is -0.257. The summed E-state index contributed by atoms with van der Waals surface area (Å²) in [5.41, 5.74) is 1.92. The van der Waals surface area contributed by atoms with Crippen LogP contribution in [-0.2, 0) is 14.4 Å². The molecule has 1 fully saturated rings. The molecule has 156 valence electrons. The molecule has 2 aliphatic rings. The molecular weight excluding hydrogens is 382 g/mol. The van der Waals surface area contributed by atoms with Crippen molar-refractivity contribution in [2.45, 2.75) is 44.6 Å². The molecule has 0 bridgehead atoms. The molecule has 2 aromatic carbocycles. The van der Waals surface area contributed by atoms with Gasteiger partial charge in [-0.3, -0.25) is 14.4 Å². The summed E-state index contributed by atoms with van der Waals surface area (Å²) in [4.78, 5) is 38.2. The predicted octanol–water partition coefficient (Wildman–Crippen LogP) is 3.71. The van der Waals surface area contributed by atoms with Gasteiger partial charge in [0, 0.05) is 18.5 Å². The number of nitrogens with zero attached hydrogens (tertiary/aromatic N) is 1. The van der Waals surface area contributed by atoms with Crippen LogP contribution in [0.2, 0.25) is 0 Å². The highest BCUT2D eigenvalue weighted by Gasteiger charge is 2.26. The molecule has 1 saturated carbocycles. The molecule has 0 radical (unpaired) electrons. The van der Waals surface area contributed by atoms with Gasteiger partial charge in [-0.25, -0.2) is 0 Å². The first-order valence-corrected chi connectivity index (χ1v) is 10.3. The first kappa shape index (κ1) is 19.9. The van der Waals surface area contributed by atoms with Crippen LogP contribution in [0.5, 0.6) is 5.75 Å². The van der Waals surface area contributed by atoms with E-state index in [4.69, 9.17) is 4.74 Å². The van der Waals surface area contributed by atoms with Gasteiger partial charge < -0.3 is 20.3 Å². The van der Waals surface area contributed by atoms with Crippen LogP contribution in [0, 0.1) is 0 Å². The van der Waals surface area contributed by atoms with Crippen molar-refractivity contribution in [3.05, 3.63) is 48.5 Å². The number of para-hydroxylation sites is 2. The molecule has 1 aliphatic carbocycles. The van der Waals surface area contributed by atoms with Gasteiger partial charge in [0.1, 0.15) is 12.3 Å². The third-order valence-corrected chi connectivity index (χ3v) is 5.38. The third-order valence-electron chi connectivity index (χ3n) is 5.38. The third kappa shape index (κ3) is 4.79. The molecular formula is C23H25N3O4. The van der Waals surface area contributed by atoms with E-state index in [1.54, 1.807) is 30.3 Å². The summed E-state index contributed by atoms with van der Waals surface area (Å²) in [5, 5.41) is 5.55. The molecule has 1 heterocycles. The summed E-state index contributed by atoms with van der Waals surface area (Å²) in [6.45, 7) is -0.0417. The van der Waals surface area contributed by atoms with Gasteiger partial charge in [0.2, 0.25) is 17.7 Å². The Bertz CT molecular complexity index is 936. The smallest absolute Gasteiger partial charge is 0.244 e. The van der Waals surface area contributed by atoms with Crippen molar-refractivity contribution in [3.8, 4) is 5.75 Å². The van der Waals surface area contributed by atoms with Gasteiger partial charge in [-0.05, 0) is 62.1 Å². The fourth-order valence-corrected chi connectivity index (χ4v) is 3.85. The highest BCUT2D eigenvalue weighted by atomic mass is 16.5. The summed E-state index contributed by atoms with van der Waals surface area (Å²) in [6.07, 6.45) is 4.97. The Hall–Kier alpha value is -3.35. The maximum atomic E-state index is 12.6. The van der Waals surface area contributed by atoms with E-state index in [2.05, 4.69) is 10.6 Å². The molecule has 3 amide bonds. The number of amides is 3. The van der Waals surface area contributed by atoms with Crippen molar-refractivity contribution >= 4 is 34.8 Å². The van der Waals surface area contributed by atoms with Crippen molar-refractivity contribution in [1.82, 2.24) is 0 Å². The average Bonchev–Trinajstić information content (AvgIpc) is 3.26. The highest BCUT2D eigenvalue weighted by Crippen LogP contribution is 2.29. The van der Waals surface area contributed by atoms with Gasteiger partial charge in [-0.2, -0.15) is 0 Å². The summed E-state index contributed by atoms with van der Waals surface area (Å²) < 4.78 is 5.92. The van der Waals surface area contributed by atoms with E-state index < -0.39 is 0 Å². The minimum absolute atomic E-state index is 0.0241. The molecule has 0 aromatic heterocycles. The zero-order chi connectivity index (χ0) is 20.9. The Morgan fingerprint density at radius 1 is 1.03 bits per heavy atom.